The summed E-state index contributed by atoms with van der Waals surface area (Å²) >= 11 is 0. The van der Waals surface area contributed by atoms with Crippen LogP contribution in [0.3, 0.4) is 0 Å². The molecule has 2 aliphatic heterocycles. The lowest BCUT2D eigenvalue weighted by Gasteiger charge is -2.45. The predicted molar refractivity (Wildman–Crippen MR) is 177 cm³/mol. The molecule has 0 unspecified atom stereocenters. The minimum atomic E-state index is -1.04. The molecule has 4 aromatic rings. The Morgan fingerprint density at radius 1 is 0.896 bits per heavy atom. The molecular formula is C36H42F2N6O4. The lowest BCUT2D eigenvalue weighted by molar-refractivity contribution is 0.0214. The molecule has 0 aliphatic carbocycles. The SMILES string of the molecule is CC(C)(C)OC(=O)N1CCC[C@H]1c1ncc(-c2ccc(-c3cc(F)c(-c4cnc([C@@]5(C(C)(C)C)CCCN5C(=O)O)[nH]4)cc3F)cc2)[nH]1. The number of carbonyl (C=O) groups is 2. The third kappa shape index (κ3) is 5.92. The van der Waals surface area contributed by atoms with Gasteiger partial charge in [-0.1, -0.05) is 45.0 Å². The van der Waals surface area contributed by atoms with Crippen LogP contribution in [0.15, 0.2) is 48.8 Å². The number of amides is 2. The van der Waals surface area contributed by atoms with Crippen LogP contribution in [0.2, 0.25) is 0 Å². The fourth-order valence-corrected chi connectivity index (χ4v) is 7.17. The number of rotatable bonds is 5. The summed E-state index contributed by atoms with van der Waals surface area (Å²) in [7, 11) is 0. The fraction of sp³-hybridized carbons (Fsp3) is 0.444. The molecule has 6 rings (SSSR count). The minimum absolute atomic E-state index is 0.00730. The zero-order valence-electron chi connectivity index (χ0n) is 28.2. The first kappa shape index (κ1) is 33.2. The van der Waals surface area contributed by atoms with Crippen molar-refractivity contribution < 1.29 is 28.2 Å². The van der Waals surface area contributed by atoms with Crippen LogP contribution in [0.1, 0.15) is 84.9 Å². The number of hydrogen-bond acceptors (Lipinski definition) is 5. The summed E-state index contributed by atoms with van der Waals surface area (Å²) < 4.78 is 36.8. The Labute approximate surface area is 278 Å². The second-order valence-corrected chi connectivity index (χ2v) is 14.7. The second kappa shape index (κ2) is 12.1. The normalized spacial score (nSPS) is 20.0. The number of likely N-dealkylation sites (tertiary alicyclic amines) is 2. The van der Waals surface area contributed by atoms with E-state index in [1.54, 1.807) is 35.4 Å². The molecule has 2 amide bonds. The van der Waals surface area contributed by atoms with Crippen LogP contribution in [0, 0.1) is 17.0 Å². The van der Waals surface area contributed by atoms with E-state index in [0.29, 0.717) is 43.1 Å². The molecule has 2 fully saturated rings. The highest BCUT2D eigenvalue weighted by atomic mass is 19.1. The van der Waals surface area contributed by atoms with E-state index in [9.17, 15) is 14.7 Å². The molecule has 3 N–H and O–H groups in total. The molecule has 2 aromatic carbocycles. The Balaban J connectivity index is 1.22. The maximum Gasteiger partial charge on any atom is 0.410 e. The number of imidazole rings is 2. The molecule has 0 bridgehead atoms. The van der Waals surface area contributed by atoms with Crippen molar-refractivity contribution in [3.8, 4) is 33.6 Å². The molecule has 2 aliphatic rings. The van der Waals surface area contributed by atoms with Gasteiger partial charge in [-0.05, 0) is 75.1 Å². The molecule has 0 saturated carbocycles. The first-order valence-corrected chi connectivity index (χ1v) is 16.3. The van der Waals surface area contributed by atoms with Gasteiger partial charge < -0.3 is 19.8 Å². The highest BCUT2D eigenvalue weighted by Gasteiger charge is 2.55. The highest BCUT2D eigenvalue weighted by molar-refractivity contribution is 5.73. The van der Waals surface area contributed by atoms with Gasteiger partial charge in [0, 0.05) is 24.2 Å². The van der Waals surface area contributed by atoms with Gasteiger partial charge >= 0.3 is 12.2 Å². The number of hydrogen-bond donors (Lipinski definition) is 3. The molecule has 2 aromatic heterocycles. The summed E-state index contributed by atoms with van der Waals surface area (Å²) in [6.07, 6.45) is 4.58. The van der Waals surface area contributed by atoms with E-state index in [1.807, 2.05) is 41.5 Å². The topological polar surface area (TPSA) is 127 Å². The zero-order valence-corrected chi connectivity index (χ0v) is 28.2. The first-order valence-electron chi connectivity index (χ1n) is 16.3. The first-order chi connectivity index (χ1) is 22.6. The van der Waals surface area contributed by atoms with Gasteiger partial charge in [0.25, 0.3) is 0 Å². The molecule has 10 nitrogen and oxygen atoms in total. The molecule has 48 heavy (non-hydrogen) atoms. The van der Waals surface area contributed by atoms with Crippen molar-refractivity contribution >= 4 is 12.2 Å². The van der Waals surface area contributed by atoms with Crippen molar-refractivity contribution in [2.75, 3.05) is 13.1 Å². The Bertz CT molecular complexity index is 1840. The van der Waals surface area contributed by atoms with E-state index in [0.717, 1.165) is 30.2 Å². The number of halogens is 2. The van der Waals surface area contributed by atoms with Gasteiger partial charge in [0.1, 0.15) is 34.4 Å². The van der Waals surface area contributed by atoms with Crippen molar-refractivity contribution in [1.29, 1.82) is 0 Å². The van der Waals surface area contributed by atoms with Crippen molar-refractivity contribution in [2.45, 2.75) is 84.4 Å². The van der Waals surface area contributed by atoms with Crippen LogP contribution >= 0.6 is 0 Å². The van der Waals surface area contributed by atoms with Crippen LogP contribution in [0.5, 0.6) is 0 Å². The van der Waals surface area contributed by atoms with Crippen LogP contribution < -0.4 is 0 Å². The summed E-state index contributed by atoms with van der Waals surface area (Å²) in [6, 6.07) is 9.14. The molecule has 4 heterocycles. The van der Waals surface area contributed by atoms with E-state index >= 15 is 8.78 Å². The number of nitrogens with zero attached hydrogens (tertiary/aromatic N) is 4. The molecule has 0 radical (unpaired) electrons. The quantitative estimate of drug-likeness (QED) is 0.197. The van der Waals surface area contributed by atoms with Crippen LogP contribution in [0.4, 0.5) is 18.4 Å². The maximum atomic E-state index is 15.6. The monoisotopic (exact) mass is 660 g/mol. The molecule has 12 heteroatoms. The van der Waals surface area contributed by atoms with Gasteiger partial charge in [0.2, 0.25) is 0 Å². The number of aromatic nitrogens is 4. The van der Waals surface area contributed by atoms with E-state index in [4.69, 9.17) is 4.74 Å². The summed E-state index contributed by atoms with van der Waals surface area (Å²) in [5.41, 5.74) is 0.378. The van der Waals surface area contributed by atoms with Crippen molar-refractivity contribution in [3.05, 3.63) is 72.1 Å². The second-order valence-electron chi connectivity index (χ2n) is 14.7. The van der Waals surface area contributed by atoms with Crippen LogP contribution in [-0.2, 0) is 10.3 Å². The number of nitrogens with one attached hydrogen (secondary N) is 2. The van der Waals surface area contributed by atoms with Crippen molar-refractivity contribution in [3.63, 3.8) is 0 Å². The number of ether oxygens (including phenoxy) is 1. The van der Waals surface area contributed by atoms with Crippen molar-refractivity contribution in [1.82, 2.24) is 29.7 Å². The number of H-pyrrole nitrogens is 2. The average Bonchev–Trinajstić information content (AvgIpc) is 3.82. The minimum Gasteiger partial charge on any atom is -0.465 e. The third-order valence-electron chi connectivity index (χ3n) is 9.47. The Morgan fingerprint density at radius 3 is 2.21 bits per heavy atom. The molecule has 0 spiro atoms. The Hall–Kier alpha value is -4.74. The van der Waals surface area contributed by atoms with E-state index < -0.39 is 34.3 Å². The van der Waals surface area contributed by atoms with Gasteiger partial charge in [-0.25, -0.2) is 28.3 Å². The number of carbonyl (C=O) groups excluding carboxylic acids is 1. The van der Waals surface area contributed by atoms with Crippen molar-refractivity contribution in [2.24, 2.45) is 5.41 Å². The van der Waals surface area contributed by atoms with Gasteiger partial charge in [-0.3, -0.25) is 9.80 Å². The molecular weight excluding hydrogens is 618 g/mol. The molecule has 2 atom stereocenters. The van der Waals surface area contributed by atoms with Gasteiger partial charge in [0.05, 0.1) is 29.8 Å². The Kier molecular flexibility index (Phi) is 8.33. The zero-order chi connectivity index (χ0) is 34.6. The van der Waals surface area contributed by atoms with E-state index in [-0.39, 0.29) is 29.0 Å². The lowest BCUT2D eigenvalue weighted by Crippen LogP contribution is -2.53. The summed E-state index contributed by atoms with van der Waals surface area (Å²) in [4.78, 5) is 43.5. The maximum absolute atomic E-state index is 15.6. The average molecular weight is 661 g/mol. The Morgan fingerprint density at radius 2 is 1.54 bits per heavy atom. The van der Waals surface area contributed by atoms with Crippen LogP contribution in [-0.4, -0.2) is 65.7 Å². The predicted octanol–water partition coefficient (Wildman–Crippen LogP) is 8.50. The number of carboxylic acid groups (broad SMARTS) is 1. The van der Waals surface area contributed by atoms with Gasteiger partial charge in [-0.15, -0.1) is 0 Å². The summed E-state index contributed by atoms with van der Waals surface area (Å²) in [6.45, 7) is 12.3. The van der Waals surface area contributed by atoms with Gasteiger partial charge in [-0.2, -0.15) is 0 Å². The summed E-state index contributed by atoms with van der Waals surface area (Å²) in [5, 5.41) is 9.96. The summed E-state index contributed by atoms with van der Waals surface area (Å²) in [5.74, 6) is -0.167. The third-order valence-corrected chi connectivity index (χ3v) is 9.47. The van der Waals surface area contributed by atoms with Gasteiger partial charge in [0.15, 0.2) is 0 Å². The standard InChI is InChI=1S/C36H42F2N6O4/c1-34(2,3)36(14-8-16-44(36)32(45)46)31-40-20-28(42-31)24-18-25(37)23(17-26(24)38)21-10-12-22(13-11-21)27-19-39-30(41-27)29-9-7-15-43(29)33(47)48-35(4,5)6/h10-13,17-20,29H,7-9,14-16H2,1-6H3,(H,39,41)(H,40,42)(H,45,46)/t29-,36+/m0/s1. The largest absolute Gasteiger partial charge is 0.465 e. The smallest absolute Gasteiger partial charge is 0.410 e. The highest BCUT2D eigenvalue weighted by Crippen LogP contribution is 2.50. The molecule has 254 valence electrons. The fourth-order valence-electron chi connectivity index (χ4n) is 7.17. The molecule has 2 saturated heterocycles. The van der Waals surface area contributed by atoms with Crippen LogP contribution in [0.25, 0.3) is 33.6 Å². The lowest BCUT2D eigenvalue weighted by atomic mass is 9.71. The van der Waals surface area contributed by atoms with E-state index in [2.05, 4.69) is 19.9 Å². The number of benzene rings is 2. The number of aromatic amines is 2. The van der Waals surface area contributed by atoms with E-state index in [1.165, 1.54) is 17.2 Å².